The number of nitrogens with two attached hydrogens (primary N) is 1. The number of hydrogen-bond acceptors (Lipinski definition) is 3. The van der Waals surface area contributed by atoms with Crippen molar-refractivity contribution in [3.63, 3.8) is 0 Å². The molecule has 0 amide bonds. The maximum absolute atomic E-state index is 8.97. The molecule has 4 N–H and O–H groups in total. The first-order valence-electron chi connectivity index (χ1n) is 4.55. The molecule has 0 unspecified atom stereocenters. The van der Waals surface area contributed by atoms with Crippen molar-refractivity contribution in [3.05, 3.63) is 29.3 Å². The van der Waals surface area contributed by atoms with Gasteiger partial charge in [0, 0.05) is 12.2 Å². The van der Waals surface area contributed by atoms with Crippen molar-refractivity contribution in [2.75, 3.05) is 18.5 Å². The molecule has 1 aliphatic rings. The van der Waals surface area contributed by atoms with E-state index in [0.717, 1.165) is 24.2 Å². The molecule has 3 nitrogen and oxygen atoms in total. The van der Waals surface area contributed by atoms with E-state index in [-0.39, 0.29) is 12.6 Å². The van der Waals surface area contributed by atoms with Gasteiger partial charge in [-0.1, -0.05) is 18.2 Å². The lowest BCUT2D eigenvalue weighted by molar-refractivity contribution is 0.268. The molecule has 0 saturated heterocycles. The summed E-state index contributed by atoms with van der Waals surface area (Å²) >= 11 is 0. The fourth-order valence-electron chi connectivity index (χ4n) is 1.77. The number of rotatable bonds is 2. The molecule has 0 fully saturated rings. The van der Waals surface area contributed by atoms with Gasteiger partial charge in [-0.2, -0.15) is 0 Å². The first-order chi connectivity index (χ1) is 6.33. The standard InChI is InChI=1S/C10H14N2O/c11-9(6-13)8-3-1-2-7-4-5-12-10(7)8/h1-3,9,12-13H,4-6,11H2/t9-/m0/s1. The lowest BCUT2D eigenvalue weighted by atomic mass is 10.0. The Balaban J connectivity index is 2.41. The third-order valence-electron chi connectivity index (χ3n) is 2.48. The van der Waals surface area contributed by atoms with Crippen LogP contribution in [0.1, 0.15) is 17.2 Å². The highest BCUT2D eigenvalue weighted by atomic mass is 16.3. The van der Waals surface area contributed by atoms with Gasteiger partial charge < -0.3 is 16.2 Å². The van der Waals surface area contributed by atoms with E-state index >= 15 is 0 Å². The first kappa shape index (κ1) is 8.53. The van der Waals surface area contributed by atoms with Crippen molar-refractivity contribution in [1.29, 1.82) is 0 Å². The number of para-hydroxylation sites is 1. The van der Waals surface area contributed by atoms with Crippen molar-refractivity contribution >= 4 is 5.69 Å². The zero-order valence-corrected chi connectivity index (χ0v) is 7.46. The summed E-state index contributed by atoms with van der Waals surface area (Å²) in [5, 5.41) is 12.3. The van der Waals surface area contributed by atoms with Crippen molar-refractivity contribution in [3.8, 4) is 0 Å². The third-order valence-corrected chi connectivity index (χ3v) is 2.48. The molecule has 1 heterocycles. The van der Waals surface area contributed by atoms with Crippen LogP contribution in [0.3, 0.4) is 0 Å². The van der Waals surface area contributed by atoms with Gasteiger partial charge in [-0.05, 0) is 17.5 Å². The smallest absolute Gasteiger partial charge is 0.0625 e. The molecule has 1 aromatic carbocycles. The highest BCUT2D eigenvalue weighted by molar-refractivity contribution is 5.62. The summed E-state index contributed by atoms with van der Waals surface area (Å²) in [6, 6.07) is 5.80. The summed E-state index contributed by atoms with van der Waals surface area (Å²) in [7, 11) is 0. The lowest BCUT2D eigenvalue weighted by Gasteiger charge is -2.13. The molecule has 2 rings (SSSR count). The van der Waals surface area contributed by atoms with Crippen molar-refractivity contribution in [1.82, 2.24) is 0 Å². The van der Waals surface area contributed by atoms with Crippen LogP contribution in [0.5, 0.6) is 0 Å². The van der Waals surface area contributed by atoms with Gasteiger partial charge in [0.05, 0.1) is 12.6 Å². The second kappa shape index (κ2) is 3.36. The van der Waals surface area contributed by atoms with Gasteiger partial charge in [0.1, 0.15) is 0 Å². The van der Waals surface area contributed by atoms with Crippen LogP contribution in [0.2, 0.25) is 0 Å². The average Bonchev–Trinajstić information content (AvgIpc) is 2.63. The summed E-state index contributed by atoms with van der Waals surface area (Å²) in [4.78, 5) is 0. The van der Waals surface area contributed by atoms with Crippen LogP contribution in [0.4, 0.5) is 5.69 Å². The molecule has 1 aromatic rings. The molecule has 1 atom stereocenters. The van der Waals surface area contributed by atoms with Gasteiger partial charge in [0.2, 0.25) is 0 Å². The molecular formula is C10H14N2O. The molecule has 70 valence electrons. The van der Waals surface area contributed by atoms with E-state index in [0.29, 0.717) is 0 Å². The zero-order chi connectivity index (χ0) is 9.26. The second-order valence-electron chi connectivity index (χ2n) is 3.35. The number of benzene rings is 1. The highest BCUT2D eigenvalue weighted by Gasteiger charge is 2.16. The quantitative estimate of drug-likeness (QED) is 0.623. The zero-order valence-electron chi connectivity index (χ0n) is 7.46. The fraction of sp³-hybridized carbons (Fsp3) is 0.400. The Morgan fingerprint density at radius 1 is 1.54 bits per heavy atom. The molecule has 0 spiro atoms. The van der Waals surface area contributed by atoms with Crippen LogP contribution < -0.4 is 11.1 Å². The van der Waals surface area contributed by atoms with Gasteiger partial charge in [-0.3, -0.25) is 0 Å². The highest BCUT2D eigenvalue weighted by Crippen LogP contribution is 2.29. The van der Waals surface area contributed by atoms with Gasteiger partial charge in [0.25, 0.3) is 0 Å². The molecular weight excluding hydrogens is 164 g/mol. The van der Waals surface area contributed by atoms with E-state index in [1.165, 1.54) is 5.56 Å². The molecule has 3 heteroatoms. The average molecular weight is 178 g/mol. The van der Waals surface area contributed by atoms with Crippen LogP contribution >= 0.6 is 0 Å². The third kappa shape index (κ3) is 1.41. The molecule has 13 heavy (non-hydrogen) atoms. The minimum atomic E-state index is -0.263. The summed E-state index contributed by atoms with van der Waals surface area (Å²) in [6.45, 7) is 0.975. The van der Waals surface area contributed by atoms with E-state index in [2.05, 4.69) is 11.4 Å². The Morgan fingerprint density at radius 2 is 2.38 bits per heavy atom. The Hall–Kier alpha value is -1.06. The number of fused-ring (bicyclic) bond motifs is 1. The van der Waals surface area contributed by atoms with Crippen molar-refractivity contribution in [2.24, 2.45) is 5.73 Å². The monoisotopic (exact) mass is 178 g/mol. The van der Waals surface area contributed by atoms with Crippen LogP contribution in [0.25, 0.3) is 0 Å². The second-order valence-corrected chi connectivity index (χ2v) is 3.35. The normalized spacial score (nSPS) is 16.5. The molecule has 0 saturated carbocycles. The Kier molecular flexibility index (Phi) is 2.20. The Morgan fingerprint density at radius 3 is 3.15 bits per heavy atom. The van der Waals surface area contributed by atoms with E-state index < -0.39 is 0 Å². The SMILES string of the molecule is N[C@@H](CO)c1cccc2c1NCC2. The van der Waals surface area contributed by atoms with E-state index in [1.807, 2.05) is 12.1 Å². The van der Waals surface area contributed by atoms with Crippen LogP contribution in [-0.2, 0) is 6.42 Å². The minimum absolute atomic E-state index is 0.00185. The Bertz CT molecular complexity index is 312. The topological polar surface area (TPSA) is 58.3 Å². The summed E-state index contributed by atoms with van der Waals surface area (Å²) < 4.78 is 0. The number of nitrogens with one attached hydrogen (secondary N) is 1. The summed E-state index contributed by atoms with van der Waals surface area (Å²) in [5.41, 5.74) is 9.24. The van der Waals surface area contributed by atoms with Gasteiger partial charge in [-0.25, -0.2) is 0 Å². The van der Waals surface area contributed by atoms with Crippen molar-refractivity contribution in [2.45, 2.75) is 12.5 Å². The maximum atomic E-state index is 8.97. The van der Waals surface area contributed by atoms with Crippen LogP contribution in [0.15, 0.2) is 18.2 Å². The maximum Gasteiger partial charge on any atom is 0.0625 e. The van der Waals surface area contributed by atoms with Crippen molar-refractivity contribution < 1.29 is 5.11 Å². The predicted octanol–water partition coefficient (Wildman–Crippen LogP) is 0.647. The molecule has 1 aliphatic heterocycles. The predicted molar refractivity (Wildman–Crippen MR) is 52.6 cm³/mol. The largest absolute Gasteiger partial charge is 0.394 e. The minimum Gasteiger partial charge on any atom is -0.394 e. The van der Waals surface area contributed by atoms with Gasteiger partial charge >= 0.3 is 0 Å². The molecule has 0 bridgehead atoms. The molecule has 0 aliphatic carbocycles. The van der Waals surface area contributed by atoms with Gasteiger partial charge in [0.15, 0.2) is 0 Å². The summed E-state index contributed by atoms with van der Waals surface area (Å²) in [5.74, 6) is 0. The fourth-order valence-corrected chi connectivity index (χ4v) is 1.77. The molecule has 0 aromatic heterocycles. The van der Waals surface area contributed by atoms with E-state index in [9.17, 15) is 0 Å². The van der Waals surface area contributed by atoms with E-state index in [1.54, 1.807) is 0 Å². The number of aliphatic hydroxyl groups is 1. The summed E-state index contributed by atoms with van der Waals surface area (Å²) in [6.07, 6.45) is 1.06. The van der Waals surface area contributed by atoms with Crippen LogP contribution in [-0.4, -0.2) is 18.3 Å². The van der Waals surface area contributed by atoms with E-state index in [4.69, 9.17) is 10.8 Å². The molecule has 0 radical (unpaired) electrons. The van der Waals surface area contributed by atoms with Gasteiger partial charge in [-0.15, -0.1) is 0 Å². The first-order valence-corrected chi connectivity index (χ1v) is 4.55. The number of hydrogen-bond donors (Lipinski definition) is 3. The van der Waals surface area contributed by atoms with Crippen LogP contribution in [0, 0.1) is 0 Å². The number of anilines is 1. The Labute approximate surface area is 77.6 Å². The number of aliphatic hydroxyl groups excluding tert-OH is 1. The lowest BCUT2D eigenvalue weighted by Crippen LogP contribution is -2.15.